The van der Waals surface area contributed by atoms with Crippen LogP contribution in [0.1, 0.15) is 10.4 Å². The number of thiophene rings is 1. The predicted octanol–water partition coefficient (Wildman–Crippen LogP) is 0.472. The van der Waals surface area contributed by atoms with Crippen molar-refractivity contribution in [2.24, 2.45) is 0 Å². The van der Waals surface area contributed by atoms with E-state index >= 15 is 0 Å². The molecule has 0 aliphatic carbocycles. The highest BCUT2D eigenvalue weighted by Crippen LogP contribution is 2.12. The average Bonchev–Trinajstić information content (AvgIpc) is 2.77. The number of hydrogen-bond acceptors (Lipinski definition) is 5. The maximum Gasteiger partial charge on any atom is 0.234 e. The van der Waals surface area contributed by atoms with Gasteiger partial charge in [-0.3, -0.25) is 4.79 Å². The molecule has 0 aliphatic rings. The zero-order valence-corrected chi connectivity index (χ0v) is 10.5. The van der Waals surface area contributed by atoms with Crippen molar-refractivity contribution in [3.63, 3.8) is 0 Å². The normalized spacial score (nSPS) is 9.88. The van der Waals surface area contributed by atoms with E-state index in [1.165, 1.54) is 11.3 Å². The number of amides is 1. The smallest absolute Gasteiger partial charge is 0.234 e. The van der Waals surface area contributed by atoms with E-state index in [1.54, 1.807) is 12.5 Å². The van der Waals surface area contributed by atoms with E-state index in [2.05, 4.69) is 16.7 Å². The highest BCUT2D eigenvalue weighted by molar-refractivity contribution is 7.10. The van der Waals surface area contributed by atoms with Gasteiger partial charge in [-0.05, 0) is 6.07 Å². The molecule has 0 saturated carbocycles. The van der Waals surface area contributed by atoms with Crippen LogP contribution in [0.2, 0.25) is 0 Å². The quantitative estimate of drug-likeness (QED) is 0.693. The lowest BCUT2D eigenvalue weighted by Gasteiger charge is -2.05. The topological polar surface area (TPSA) is 74.2 Å². The van der Waals surface area contributed by atoms with Crippen molar-refractivity contribution in [2.75, 3.05) is 26.8 Å². The first kappa shape index (κ1) is 13.6. The van der Waals surface area contributed by atoms with Gasteiger partial charge in [0.1, 0.15) is 6.07 Å². The van der Waals surface area contributed by atoms with Crippen LogP contribution in [0.3, 0.4) is 0 Å². The largest absolute Gasteiger partial charge is 0.383 e. The first-order chi connectivity index (χ1) is 8.26. The summed E-state index contributed by atoms with van der Waals surface area (Å²) in [5.41, 5.74) is 0.663. The van der Waals surface area contributed by atoms with Gasteiger partial charge in [-0.25, -0.2) is 0 Å². The summed E-state index contributed by atoms with van der Waals surface area (Å²) in [7, 11) is 1.59. The van der Waals surface area contributed by atoms with Gasteiger partial charge in [-0.2, -0.15) is 5.26 Å². The zero-order valence-electron chi connectivity index (χ0n) is 9.66. The molecule has 0 spiro atoms. The van der Waals surface area contributed by atoms with Gasteiger partial charge in [0, 0.05) is 30.5 Å². The van der Waals surface area contributed by atoms with Crippen LogP contribution < -0.4 is 10.6 Å². The summed E-state index contributed by atoms with van der Waals surface area (Å²) >= 11 is 1.51. The van der Waals surface area contributed by atoms with Crippen LogP contribution in [0, 0.1) is 11.3 Å². The lowest BCUT2D eigenvalue weighted by atomic mass is 10.3. The molecule has 1 heterocycles. The molecule has 0 aliphatic heterocycles. The summed E-state index contributed by atoms with van der Waals surface area (Å²) in [6.45, 7) is 1.91. The van der Waals surface area contributed by atoms with Crippen molar-refractivity contribution in [1.82, 2.24) is 10.6 Å². The van der Waals surface area contributed by atoms with Crippen LogP contribution >= 0.6 is 11.3 Å². The number of nitrogens with zero attached hydrogens (tertiary/aromatic N) is 1. The average molecular weight is 253 g/mol. The fourth-order valence-electron chi connectivity index (χ4n) is 1.19. The molecule has 0 unspecified atom stereocenters. The second kappa shape index (κ2) is 7.79. The van der Waals surface area contributed by atoms with Gasteiger partial charge in [0.2, 0.25) is 5.91 Å². The van der Waals surface area contributed by atoms with E-state index in [4.69, 9.17) is 10.00 Å². The van der Waals surface area contributed by atoms with E-state index < -0.39 is 0 Å². The standard InChI is InChI=1S/C11H15N3O2S/c1-16-3-2-14-11(15)7-13-6-10-4-9(5-12)8-17-10/h4,8,13H,2-3,6-7H2,1H3,(H,14,15). The van der Waals surface area contributed by atoms with Gasteiger partial charge in [0.05, 0.1) is 18.7 Å². The summed E-state index contributed by atoms with van der Waals surface area (Å²) in [5, 5.41) is 16.2. The maximum absolute atomic E-state index is 11.3. The van der Waals surface area contributed by atoms with E-state index in [-0.39, 0.29) is 12.5 Å². The molecule has 17 heavy (non-hydrogen) atoms. The Balaban J connectivity index is 2.15. The van der Waals surface area contributed by atoms with Crippen molar-refractivity contribution >= 4 is 17.2 Å². The summed E-state index contributed by atoms with van der Waals surface area (Å²) in [4.78, 5) is 12.3. The van der Waals surface area contributed by atoms with Gasteiger partial charge < -0.3 is 15.4 Å². The van der Waals surface area contributed by atoms with Crippen LogP contribution in [0.25, 0.3) is 0 Å². The number of nitrogens with one attached hydrogen (secondary N) is 2. The minimum atomic E-state index is -0.0564. The third-order valence-electron chi connectivity index (χ3n) is 2.00. The molecule has 0 saturated heterocycles. The van der Waals surface area contributed by atoms with Crippen molar-refractivity contribution < 1.29 is 9.53 Å². The Morgan fingerprint density at radius 2 is 2.47 bits per heavy atom. The van der Waals surface area contributed by atoms with Gasteiger partial charge in [0.15, 0.2) is 0 Å². The molecule has 1 amide bonds. The Bertz CT molecular complexity index is 398. The van der Waals surface area contributed by atoms with Crippen LogP contribution in [0.4, 0.5) is 0 Å². The predicted molar refractivity (Wildman–Crippen MR) is 65.6 cm³/mol. The molecule has 1 rings (SSSR count). The van der Waals surface area contributed by atoms with Gasteiger partial charge >= 0.3 is 0 Å². The second-order valence-electron chi connectivity index (χ2n) is 3.36. The van der Waals surface area contributed by atoms with Gasteiger partial charge in [-0.1, -0.05) is 0 Å². The van der Waals surface area contributed by atoms with Crippen molar-refractivity contribution in [3.05, 3.63) is 21.9 Å². The van der Waals surface area contributed by atoms with E-state index in [0.717, 1.165) is 4.88 Å². The molecular formula is C11H15N3O2S. The minimum Gasteiger partial charge on any atom is -0.383 e. The molecular weight excluding hydrogens is 238 g/mol. The van der Waals surface area contributed by atoms with Gasteiger partial charge in [0.25, 0.3) is 0 Å². The first-order valence-electron chi connectivity index (χ1n) is 5.20. The van der Waals surface area contributed by atoms with Crippen LogP contribution in [-0.2, 0) is 16.1 Å². The summed E-state index contributed by atoms with van der Waals surface area (Å²) < 4.78 is 4.82. The van der Waals surface area contributed by atoms with Crippen molar-refractivity contribution in [2.45, 2.75) is 6.54 Å². The number of rotatable bonds is 7. The fraction of sp³-hybridized carbons (Fsp3) is 0.455. The van der Waals surface area contributed by atoms with Crippen molar-refractivity contribution in [3.8, 4) is 6.07 Å². The molecule has 0 aromatic carbocycles. The lowest BCUT2D eigenvalue weighted by molar-refractivity contribution is -0.120. The highest BCUT2D eigenvalue weighted by atomic mass is 32.1. The van der Waals surface area contributed by atoms with Crippen molar-refractivity contribution in [1.29, 1.82) is 5.26 Å². The summed E-state index contributed by atoms with van der Waals surface area (Å²) in [6, 6.07) is 3.89. The Kier molecular flexibility index (Phi) is 6.25. The van der Waals surface area contributed by atoms with E-state index in [1.807, 2.05) is 6.07 Å². The molecule has 1 aromatic heterocycles. The molecule has 0 bridgehead atoms. The Morgan fingerprint density at radius 3 is 3.12 bits per heavy atom. The van der Waals surface area contributed by atoms with Crippen LogP contribution in [0.15, 0.2) is 11.4 Å². The number of carbonyl (C=O) groups excluding carboxylic acids is 1. The molecule has 5 nitrogen and oxygen atoms in total. The lowest BCUT2D eigenvalue weighted by Crippen LogP contribution is -2.35. The number of hydrogen-bond donors (Lipinski definition) is 2. The minimum absolute atomic E-state index is 0.0564. The SMILES string of the molecule is COCCNC(=O)CNCc1cc(C#N)cs1. The number of carbonyl (C=O) groups is 1. The molecule has 1 aromatic rings. The van der Waals surface area contributed by atoms with Crippen LogP contribution in [-0.4, -0.2) is 32.7 Å². The zero-order chi connectivity index (χ0) is 12.5. The highest BCUT2D eigenvalue weighted by Gasteiger charge is 2.01. The summed E-state index contributed by atoms with van der Waals surface area (Å²) in [6.07, 6.45) is 0. The van der Waals surface area contributed by atoms with Crippen LogP contribution in [0.5, 0.6) is 0 Å². The first-order valence-corrected chi connectivity index (χ1v) is 6.08. The molecule has 2 N–H and O–H groups in total. The molecule has 0 fully saturated rings. The number of nitriles is 1. The van der Waals surface area contributed by atoms with E-state index in [0.29, 0.717) is 25.3 Å². The Labute approximate surface area is 104 Å². The third-order valence-corrected chi connectivity index (χ3v) is 2.93. The van der Waals surface area contributed by atoms with Gasteiger partial charge in [-0.15, -0.1) is 11.3 Å². The second-order valence-corrected chi connectivity index (χ2v) is 4.36. The fourth-order valence-corrected chi connectivity index (χ4v) is 1.97. The number of methoxy groups -OCH3 is 1. The van der Waals surface area contributed by atoms with E-state index in [9.17, 15) is 4.79 Å². The monoisotopic (exact) mass is 253 g/mol. The Hall–Kier alpha value is -1.42. The molecule has 0 atom stereocenters. The molecule has 0 radical (unpaired) electrons. The molecule has 92 valence electrons. The Morgan fingerprint density at radius 1 is 1.65 bits per heavy atom. The third kappa shape index (κ3) is 5.45. The maximum atomic E-state index is 11.3. The number of ether oxygens (including phenoxy) is 1. The molecule has 6 heteroatoms. The summed E-state index contributed by atoms with van der Waals surface area (Å²) in [5.74, 6) is -0.0564.